The Bertz CT molecular complexity index is 571. The van der Waals surface area contributed by atoms with E-state index in [9.17, 15) is 0 Å². The van der Waals surface area contributed by atoms with E-state index >= 15 is 0 Å². The van der Waals surface area contributed by atoms with Gasteiger partial charge in [0.2, 0.25) is 0 Å². The van der Waals surface area contributed by atoms with Crippen molar-refractivity contribution in [3.63, 3.8) is 0 Å². The lowest BCUT2D eigenvalue weighted by atomic mass is 10.1. The Kier molecular flexibility index (Phi) is 4.81. The third-order valence-electron chi connectivity index (χ3n) is 2.77. The molecule has 0 aliphatic heterocycles. The highest BCUT2D eigenvalue weighted by Crippen LogP contribution is 2.31. The molecule has 0 aliphatic carbocycles. The molecule has 2 rings (SSSR count). The molecule has 0 fully saturated rings. The number of aromatic nitrogens is 2. The smallest absolute Gasteiger partial charge is 0.138 e. The fourth-order valence-electron chi connectivity index (χ4n) is 1.91. The van der Waals surface area contributed by atoms with Crippen LogP contribution in [0.1, 0.15) is 30.2 Å². The van der Waals surface area contributed by atoms with E-state index in [2.05, 4.69) is 56.1 Å². The summed E-state index contributed by atoms with van der Waals surface area (Å²) in [5.74, 6) is 1.20. The van der Waals surface area contributed by atoms with Gasteiger partial charge >= 0.3 is 0 Å². The quantitative estimate of drug-likeness (QED) is 0.739. The van der Waals surface area contributed by atoms with E-state index in [0.717, 1.165) is 22.4 Å². The maximum atomic E-state index is 6.19. The second kappa shape index (κ2) is 6.20. The van der Waals surface area contributed by atoms with Crippen molar-refractivity contribution in [1.82, 2.24) is 9.97 Å². The molecular formula is C13H15BrClN3S. The normalized spacial score (nSPS) is 11.1. The molecule has 2 aromatic rings. The second-order valence-corrected chi connectivity index (χ2v) is 6.91. The van der Waals surface area contributed by atoms with Gasteiger partial charge in [0.15, 0.2) is 0 Å². The minimum absolute atomic E-state index is 0.293. The molecule has 0 saturated carbocycles. The average molecular weight is 361 g/mol. The van der Waals surface area contributed by atoms with E-state index in [-0.39, 0.29) is 0 Å². The molecule has 0 amide bonds. The minimum atomic E-state index is 0.293. The Morgan fingerprint density at radius 2 is 2.16 bits per heavy atom. The molecule has 102 valence electrons. The van der Waals surface area contributed by atoms with Crippen LogP contribution in [0.3, 0.4) is 0 Å². The highest BCUT2D eigenvalue weighted by molar-refractivity contribution is 9.10. The van der Waals surface area contributed by atoms with E-state index in [0.29, 0.717) is 11.1 Å². The predicted molar refractivity (Wildman–Crippen MR) is 85.3 cm³/mol. The summed E-state index contributed by atoms with van der Waals surface area (Å²) in [6.07, 6.45) is 1.52. The van der Waals surface area contributed by atoms with Crippen LogP contribution in [0.25, 0.3) is 0 Å². The van der Waals surface area contributed by atoms with E-state index in [1.807, 2.05) is 7.05 Å². The number of rotatable bonds is 4. The topological polar surface area (TPSA) is 29.0 Å². The van der Waals surface area contributed by atoms with Crippen LogP contribution in [0, 0.1) is 0 Å². The van der Waals surface area contributed by atoms with Crippen LogP contribution in [0.4, 0.5) is 5.82 Å². The van der Waals surface area contributed by atoms with Gasteiger partial charge in [0, 0.05) is 27.3 Å². The lowest BCUT2D eigenvalue weighted by Gasteiger charge is -2.22. The van der Waals surface area contributed by atoms with Crippen molar-refractivity contribution in [3.8, 4) is 0 Å². The number of hydrogen-bond acceptors (Lipinski definition) is 4. The fraction of sp³-hybridized carbons (Fsp3) is 0.385. The third kappa shape index (κ3) is 3.46. The van der Waals surface area contributed by atoms with Gasteiger partial charge < -0.3 is 4.90 Å². The van der Waals surface area contributed by atoms with Gasteiger partial charge in [-0.25, -0.2) is 9.97 Å². The van der Waals surface area contributed by atoms with Crippen molar-refractivity contribution in [2.45, 2.75) is 26.3 Å². The summed E-state index contributed by atoms with van der Waals surface area (Å²) < 4.78 is 1.12. The first-order valence-corrected chi connectivity index (χ1v) is 7.98. The average Bonchev–Trinajstić information content (AvgIpc) is 2.73. The first-order valence-electron chi connectivity index (χ1n) is 5.93. The zero-order valence-electron chi connectivity index (χ0n) is 11.0. The molecule has 0 atom stereocenters. The van der Waals surface area contributed by atoms with Gasteiger partial charge in [0.1, 0.15) is 17.3 Å². The Morgan fingerprint density at radius 1 is 1.42 bits per heavy atom. The molecule has 0 aliphatic rings. The van der Waals surface area contributed by atoms with Gasteiger partial charge in [0.05, 0.1) is 6.54 Å². The number of nitrogens with zero attached hydrogens (tertiary/aromatic N) is 3. The van der Waals surface area contributed by atoms with Gasteiger partial charge in [-0.3, -0.25) is 0 Å². The van der Waals surface area contributed by atoms with Gasteiger partial charge in [-0.2, -0.15) is 0 Å². The van der Waals surface area contributed by atoms with Crippen LogP contribution in [-0.4, -0.2) is 17.0 Å². The third-order valence-corrected chi connectivity index (χ3v) is 4.75. The van der Waals surface area contributed by atoms with Crippen LogP contribution in [0.2, 0.25) is 5.15 Å². The van der Waals surface area contributed by atoms with E-state index in [1.165, 1.54) is 11.2 Å². The van der Waals surface area contributed by atoms with Crippen molar-refractivity contribution in [3.05, 3.63) is 37.8 Å². The van der Waals surface area contributed by atoms with E-state index in [4.69, 9.17) is 11.6 Å². The number of thiophene rings is 1. The van der Waals surface area contributed by atoms with Crippen LogP contribution >= 0.6 is 38.9 Å². The van der Waals surface area contributed by atoms with Gasteiger partial charge in [0.25, 0.3) is 0 Å². The molecule has 6 heteroatoms. The van der Waals surface area contributed by atoms with E-state index < -0.39 is 0 Å². The van der Waals surface area contributed by atoms with Crippen molar-refractivity contribution >= 4 is 44.7 Å². The summed E-state index contributed by atoms with van der Waals surface area (Å²) in [7, 11) is 2.03. The number of halogens is 2. The summed E-state index contributed by atoms with van der Waals surface area (Å²) in [5.41, 5.74) is 1.00. The zero-order chi connectivity index (χ0) is 14.0. The lowest BCUT2D eigenvalue weighted by Crippen LogP contribution is -2.19. The number of hydrogen-bond donors (Lipinski definition) is 0. The summed E-state index contributed by atoms with van der Waals surface area (Å²) >= 11 is 11.4. The van der Waals surface area contributed by atoms with Crippen molar-refractivity contribution < 1.29 is 0 Å². The Balaban J connectivity index is 2.28. The molecule has 0 N–H and O–H groups in total. The maximum Gasteiger partial charge on any atom is 0.138 e. The highest BCUT2D eigenvalue weighted by atomic mass is 79.9. The maximum absolute atomic E-state index is 6.19. The summed E-state index contributed by atoms with van der Waals surface area (Å²) in [4.78, 5) is 11.9. The van der Waals surface area contributed by atoms with Crippen molar-refractivity contribution in [1.29, 1.82) is 0 Å². The van der Waals surface area contributed by atoms with Crippen molar-refractivity contribution in [2.24, 2.45) is 0 Å². The van der Waals surface area contributed by atoms with Gasteiger partial charge in [-0.1, -0.05) is 25.4 Å². The molecule has 0 unspecified atom stereocenters. The first kappa shape index (κ1) is 14.8. The minimum Gasteiger partial charge on any atom is -0.354 e. The highest BCUT2D eigenvalue weighted by Gasteiger charge is 2.17. The second-order valence-electron chi connectivity index (χ2n) is 4.64. The molecule has 2 heterocycles. The molecule has 19 heavy (non-hydrogen) atoms. The monoisotopic (exact) mass is 359 g/mol. The van der Waals surface area contributed by atoms with Crippen LogP contribution in [0.15, 0.2) is 22.2 Å². The van der Waals surface area contributed by atoms with Crippen LogP contribution in [0.5, 0.6) is 0 Å². The molecule has 0 bridgehead atoms. The largest absolute Gasteiger partial charge is 0.354 e. The predicted octanol–water partition coefficient (Wildman–Crippen LogP) is 4.71. The Labute approximate surface area is 130 Å². The molecule has 0 saturated heterocycles. The molecule has 0 radical (unpaired) electrons. The van der Waals surface area contributed by atoms with E-state index in [1.54, 1.807) is 11.3 Å². The van der Waals surface area contributed by atoms with Gasteiger partial charge in [-0.05, 0) is 27.9 Å². The summed E-state index contributed by atoms with van der Waals surface area (Å²) in [6, 6.07) is 2.12. The van der Waals surface area contributed by atoms with Crippen molar-refractivity contribution in [2.75, 3.05) is 11.9 Å². The molecule has 2 aromatic heterocycles. The summed E-state index contributed by atoms with van der Waals surface area (Å²) in [5, 5.41) is 2.62. The SMILES string of the molecule is CC(C)c1c(Cl)ncnc1N(C)Cc1cc(Br)cs1. The molecular weight excluding hydrogens is 346 g/mol. The summed E-state index contributed by atoms with van der Waals surface area (Å²) in [6.45, 7) is 5.01. The van der Waals surface area contributed by atoms with Gasteiger partial charge in [-0.15, -0.1) is 11.3 Å². The van der Waals surface area contributed by atoms with Crippen LogP contribution in [-0.2, 0) is 6.54 Å². The molecule has 0 spiro atoms. The lowest BCUT2D eigenvalue weighted by molar-refractivity contribution is 0.811. The fourth-order valence-corrected chi connectivity index (χ4v) is 3.76. The molecule has 0 aromatic carbocycles. The van der Waals surface area contributed by atoms with Crippen LogP contribution < -0.4 is 4.90 Å². The first-order chi connectivity index (χ1) is 8.99. The molecule has 3 nitrogen and oxygen atoms in total. The Morgan fingerprint density at radius 3 is 2.74 bits per heavy atom. The standard InChI is InChI=1S/C13H15BrClN3S/c1-8(2)11-12(15)16-7-17-13(11)18(3)5-10-4-9(14)6-19-10/h4,6-8H,5H2,1-3H3. The number of anilines is 1. The zero-order valence-corrected chi connectivity index (χ0v) is 14.2. The Hall–Kier alpha value is -0.650.